The van der Waals surface area contributed by atoms with E-state index < -0.39 is 6.10 Å². The van der Waals surface area contributed by atoms with Gasteiger partial charge >= 0.3 is 0 Å². The third-order valence-corrected chi connectivity index (χ3v) is 5.65. The molecule has 4 rings (SSSR count). The second-order valence-electron chi connectivity index (χ2n) is 7.13. The number of anilines is 1. The summed E-state index contributed by atoms with van der Waals surface area (Å²) in [7, 11) is 3.35. The largest absolute Gasteiger partial charge is 0.476 e. The van der Waals surface area contributed by atoms with Crippen LogP contribution in [0.4, 0.5) is 5.69 Å². The fourth-order valence-corrected chi connectivity index (χ4v) is 3.98. The second kappa shape index (κ2) is 7.67. The smallest absolute Gasteiger partial charge is 0.278 e. The van der Waals surface area contributed by atoms with Gasteiger partial charge in [-0.05, 0) is 19.1 Å². The Morgan fingerprint density at radius 3 is 2.59 bits per heavy atom. The predicted molar refractivity (Wildman–Crippen MR) is 114 cm³/mol. The molecule has 0 saturated carbocycles. The van der Waals surface area contributed by atoms with Crippen molar-refractivity contribution >= 4 is 28.8 Å². The Kier molecular flexibility index (Phi) is 5.07. The third kappa shape index (κ3) is 3.73. The second-order valence-corrected chi connectivity index (χ2v) is 7.98. The molecule has 0 spiro atoms. The number of benzene rings is 2. The molecule has 0 saturated heterocycles. The highest BCUT2D eigenvalue weighted by atomic mass is 32.1. The number of rotatable bonds is 3. The molecule has 1 atom stereocenters. The first-order chi connectivity index (χ1) is 13.9. The van der Waals surface area contributed by atoms with Gasteiger partial charge in [0.15, 0.2) is 6.10 Å². The molecule has 2 aromatic carbocycles. The topological polar surface area (TPSA) is 62.7 Å². The Morgan fingerprint density at radius 1 is 1.14 bits per heavy atom. The highest BCUT2D eigenvalue weighted by Gasteiger charge is 2.35. The number of hydrogen-bond donors (Lipinski definition) is 0. The summed E-state index contributed by atoms with van der Waals surface area (Å²) in [6.07, 6.45) is -0.751. The Morgan fingerprint density at radius 2 is 1.86 bits per heavy atom. The van der Waals surface area contributed by atoms with Crippen molar-refractivity contribution < 1.29 is 14.3 Å². The van der Waals surface area contributed by atoms with Crippen LogP contribution in [0, 0.1) is 6.92 Å². The van der Waals surface area contributed by atoms with Gasteiger partial charge in [0.2, 0.25) is 0 Å². The van der Waals surface area contributed by atoms with Crippen molar-refractivity contribution in [2.24, 2.45) is 0 Å². The van der Waals surface area contributed by atoms with Crippen molar-refractivity contribution in [3.05, 3.63) is 65.2 Å². The van der Waals surface area contributed by atoms with Gasteiger partial charge in [-0.15, -0.1) is 11.3 Å². The van der Waals surface area contributed by atoms with Gasteiger partial charge in [0, 0.05) is 25.0 Å². The fourth-order valence-electron chi connectivity index (χ4n) is 3.18. The first-order valence-electron chi connectivity index (χ1n) is 9.25. The molecule has 3 aromatic rings. The molecule has 0 fully saturated rings. The van der Waals surface area contributed by atoms with Crippen molar-refractivity contribution in [3.63, 3.8) is 0 Å². The molecule has 0 unspecified atom stereocenters. The first kappa shape index (κ1) is 19.1. The number of thiazole rings is 1. The lowest BCUT2D eigenvalue weighted by molar-refractivity contribution is -0.135. The average Bonchev–Trinajstić information content (AvgIpc) is 3.22. The Bertz CT molecular complexity index is 1060. The van der Waals surface area contributed by atoms with E-state index in [1.54, 1.807) is 30.4 Å². The Hall–Kier alpha value is -3.19. The van der Waals surface area contributed by atoms with Crippen molar-refractivity contribution in [1.82, 2.24) is 9.88 Å². The molecule has 1 aliphatic rings. The molecule has 1 aromatic heterocycles. The zero-order valence-electron chi connectivity index (χ0n) is 16.5. The van der Waals surface area contributed by atoms with Crippen molar-refractivity contribution in [2.45, 2.75) is 13.0 Å². The van der Waals surface area contributed by atoms with E-state index in [-0.39, 0.29) is 18.4 Å². The summed E-state index contributed by atoms with van der Waals surface area (Å²) < 4.78 is 5.85. The maximum Gasteiger partial charge on any atom is 0.278 e. The summed E-state index contributed by atoms with van der Waals surface area (Å²) >= 11 is 1.43. The molecular formula is C22H21N3O3S. The zero-order valence-corrected chi connectivity index (χ0v) is 17.3. The average molecular weight is 407 g/mol. The summed E-state index contributed by atoms with van der Waals surface area (Å²) in [5.41, 5.74) is 3.15. The molecule has 6 nitrogen and oxygen atoms in total. The van der Waals surface area contributed by atoms with Crippen LogP contribution < -0.4 is 9.64 Å². The van der Waals surface area contributed by atoms with Crippen molar-refractivity contribution in [1.29, 1.82) is 0 Å². The van der Waals surface area contributed by atoms with Crippen LogP contribution in [-0.4, -0.2) is 48.4 Å². The molecule has 29 heavy (non-hydrogen) atoms. The van der Waals surface area contributed by atoms with Gasteiger partial charge in [0.1, 0.15) is 16.5 Å². The lowest BCUT2D eigenvalue weighted by Gasteiger charge is -2.34. The highest BCUT2D eigenvalue weighted by molar-refractivity contribution is 7.13. The predicted octanol–water partition coefficient (Wildman–Crippen LogP) is 3.61. The van der Waals surface area contributed by atoms with Crippen molar-refractivity contribution in [2.75, 3.05) is 25.5 Å². The molecule has 1 aliphatic heterocycles. The molecule has 0 bridgehead atoms. The van der Waals surface area contributed by atoms with Gasteiger partial charge in [-0.3, -0.25) is 14.5 Å². The minimum Gasteiger partial charge on any atom is -0.476 e. The number of fused-ring (bicyclic) bond motifs is 1. The van der Waals surface area contributed by atoms with Gasteiger partial charge in [-0.1, -0.05) is 42.0 Å². The molecule has 0 aliphatic carbocycles. The molecule has 0 radical (unpaired) electrons. The van der Waals surface area contributed by atoms with Crippen LogP contribution in [-0.2, 0) is 4.79 Å². The first-order valence-corrected chi connectivity index (χ1v) is 10.1. The quantitative estimate of drug-likeness (QED) is 0.665. The maximum absolute atomic E-state index is 13.3. The van der Waals surface area contributed by atoms with Crippen molar-refractivity contribution in [3.8, 4) is 16.3 Å². The van der Waals surface area contributed by atoms with Gasteiger partial charge in [-0.25, -0.2) is 4.98 Å². The fraction of sp³-hybridized carbons (Fsp3) is 0.227. The van der Waals surface area contributed by atoms with E-state index in [1.165, 1.54) is 21.8 Å². The van der Waals surface area contributed by atoms with Gasteiger partial charge in [0.05, 0.1) is 12.2 Å². The number of amides is 2. The number of aromatic nitrogens is 1. The number of likely N-dealkylation sites (N-methyl/N-ethyl adjacent to an activating group) is 1. The standard InChI is InChI=1S/C22H21N3O3S/c1-14-8-10-15(11-9-14)20-23-16(13-29-20)21(26)25-12-19(22(27)24(2)3)28-18-7-5-4-6-17(18)25/h4-11,13,19H,12H2,1-3H3/t19-/m0/s1. The van der Waals surface area contributed by atoms with Gasteiger partial charge in [0.25, 0.3) is 11.8 Å². The molecule has 0 N–H and O–H groups in total. The lowest BCUT2D eigenvalue weighted by Crippen LogP contribution is -2.50. The van der Waals surface area contributed by atoms with E-state index in [9.17, 15) is 9.59 Å². The summed E-state index contributed by atoms with van der Waals surface area (Å²) in [6, 6.07) is 15.3. The van der Waals surface area contributed by atoms with E-state index in [1.807, 2.05) is 49.4 Å². The van der Waals surface area contributed by atoms with Crippen LogP contribution in [0.1, 0.15) is 16.1 Å². The SMILES string of the molecule is Cc1ccc(-c2nc(C(=O)N3C[C@@H](C(=O)N(C)C)Oc4ccccc43)cs2)cc1. The van der Waals surface area contributed by atoms with Crippen LogP contribution in [0.2, 0.25) is 0 Å². The molecule has 2 heterocycles. The molecule has 7 heteroatoms. The van der Waals surface area contributed by atoms with Gasteiger partial charge in [-0.2, -0.15) is 0 Å². The van der Waals surface area contributed by atoms with E-state index in [4.69, 9.17) is 4.74 Å². The van der Waals surface area contributed by atoms with Crippen LogP contribution in [0.5, 0.6) is 5.75 Å². The highest BCUT2D eigenvalue weighted by Crippen LogP contribution is 2.35. The number of para-hydroxylation sites is 2. The Labute approximate surface area is 173 Å². The zero-order chi connectivity index (χ0) is 20.5. The minimum absolute atomic E-state index is 0.143. The number of ether oxygens (including phenoxy) is 1. The molecular weight excluding hydrogens is 386 g/mol. The van der Waals surface area contributed by atoms with Crippen LogP contribution in [0.15, 0.2) is 53.9 Å². The van der Waals surface area contributed by atoms with E-state index in [0.29, 0.717) is 17.1 Å². The number of hydrogen-bond acceptors (Lipinski definition) is 5. The van der Waals surface area contributed by atoms with Crippen LogP contribution >= 0.6 is 11.3 Å². The monoisotopic (exact) mass is 407 g/mol. The molecule has 2 amide bonds. The number of carbonyl (C=O) groups excluding carboxylic acids is 2. The third-order valence-electron chi connectivity index (χ3n) is 4.76. The summed E-state index contributed by atoms with van der Waals surface area (Å²) in [4.78, 5) is 33.4. The number of aryl methyl sites for hydroxylation is 1. The van der Waals surface area contributed by atoms with E-state index in [0.717, 1.165) is 10.6 Å². The van der Waals surface area contributed by atoms with E-state index >= 15 is 0 Å². The maximum atomic E-state index is 13.3. The normalized spacial score (nSPS) is 15.4. The van der Waals surface area contributed by atoms with E-state index in [2.05, 4.69) is 4.98 Å². The molecule has 148 valence electrons. The summed E-state index contributed by atoms with van der Waals surface area (Å²) in [6.45, 7) is 2.17. The minimum atomic E-state index is -0.751. The number of nitrogens with zero attached hydrogens (tertiary/aromatic N) is 3. The Balaban J connectivity index is 1.65. The lowest BCUT2D eigenvalue weighted by atomic mass is 10.1. The van der Waals surface area contributed by atoms with Gasteiger partial charge < -0.3 is 9.64 Å². The number of carbonyl (C=O) groups is 2. The summed E-state index contributed by atoms with van der Waals surface area (Å²) in [5.74, 6) is 0.0872. The summed E-state index contributed by atoms with van der Waals surface area (Å²) in [5, 5.41) is 2.55. The van der Waals surface area contributed by atoms with Crippen LogP contribution in [0.25, 0.3) is 10.6 Å². The van der Waals surface area contributed by atoms with Crippen LogP contribution in [0.3, 0.4) is 0 Å².